The van der Waals surface area contributed by atoms with Crippen molar-refractivity contribution in [3.63, 3.8) is 0 Å². The summed E-state index contributed by atoms with van der Waals surface area (Å²) in [5.74, 6) is -2.39. The molecular weight excluding hydrogens is 255 g/mol. The van der Waals surface area contributed by atoms with Crippen LogP contribution in [0.1, 0.15) is 40.5 Å². The van der Waals surface area contributed by atoms with Gasteiger partial charge in [-0.25, -0.2) is 0 Å². The minimum atomic E-state index is -4.45. The number of nitrogens with one attached hydrogen (secondary N) is 1. The molecule has 0 bridgehead atoms. The maximum absolute atomic E-state index is 12.9. The van der Waals surface area contributed by atoms with Crippen LogP contribution in [-0.2, 0) is 0 Å². The molecule has 0 rings (SSSR count). The van der Waals surface area contributed by atoms with Crippen LogP contribution in [0, 0.1) is 17.2 Å². The monoisotopic (exact) mass is 281 g/mol. The molecule has 0 amide bonds. The smallest absolute Gasteiger partial charge is 0.387 e. The lowest BCUT2D eigenvalue weighted by Gasteiger charge is -2.35. The Hall–Kier alpha value is -0.780. The summed E-state index contributed by atoms with van der Waals surface area (Å²) >= 11 is 0. The highest BCUT2D eigenvalue weighted by Gasteiger charge is 2.43. The van der Waals surface area contributed by atoms with Crippen LogP contribution in [0.15, 0.2) is 0 Å². The van der Waals surface area contributed by atoms with Gasteiger partial charge in [0.2, 0.25) is 0 Å². The molecule has 0 aromatic rings. The van der Waals surface area contributed by atoms with Crippen LogP contribution in [0.25, 0.3) is 0 Å². The molecule has 0 aliphatic rings. The fourth-order valence-electron chi connectivity index (χ4n) is 2.26. The van der Waals surface area contributed by atoms with E-state index in [2.05, 4.69) is 0 Å². The molecule has 0 saturated heterocycles. The minimum Gasteiger partial charge on any atom is -0.387 e. The third-order valence-corrected chi connectivity index (χ3v) is 3.25. The second kappa shape index (κ2) is 7.72. The molecule has 0 spiro atoms. The van der Waals surface area contributed by atoms with E-state index in [9.17, 15) is 13.2 Å². The normalized spacial score (nSPS) is 14.4. The Kier molecular flexibility index (Phi) is 7.41. The molecule has 3 nitrogen and oxygen atoms in total. The first-order valence-corrected chi connectivity index (χ1v) is 6.78. The van der Waals surface area contributed by atoms with E-state index in [1.807, 2.05) is 32.6 Å². The quantitative estimate of drug-likeness (QED) is 0.530. The first kappa shape index (κ1) is 18.2. The number of hydrogen-bond donors (Lipinski definition) is 2. The van der Waals surface area contributed by atoms with Crippen molar-refractivity contribution in [1.82, 2.24) is 4.90 Å². The molecule has 6 heteroatoms. The molecule has 0 radical (unpaired) electrons. The van der Waals surface area contributed by atoms with Crippen LogP contribution in [0.2, 0.25) is 0 Å². The van der Waals surface area contributed by atoms with E-state index in [0.717, 1.165) is 12.8 Å². The van der Waals surface area contributed by atoms with E-state index in [-0.39, 0.29) is 18.5 Å². The van der Waals surface area contributed by atoms with E-state index in [0.29, 0.717) is 6.54 Å². The highest BCUT2D eigenvalue weighted by atomic mass is 19.4. The van der Waals surface area contributed by atoms with E-state index in [1.165, 1.54) is 0 Å². The van der Waals surface area contributed by atoms with Gasteiger partial charge in [0.15, 0.2) is 0 Å². The zero-order valence-corrected chi connectivity index (χ0v) is 12.2. The molecule has 0 fully saturated rings. The van der Waals surface area contributed by atoms with Crippen molar-refractivity contribution in [2.24, 2.45) is 17.6 Å². The average Bonchev–Trinajstić information content (AvgIpc) is 2.24. The molecule has 0 aliphatic heterocycles. The number of hydrogen-bond acceptors (Lipinski definition) is 2. The SMILES string of the molecule is CCC(CC)N(CC(C)C)CC(C(=N)N)C(F)(F)F. The molecule has 1 unspecified atom stereocenters. The fraction of sp³-hybridized carbons (Fsp3) is 0.923. The van der Waals surface area contributed by atoms with Crippen molar-refractivity contribution in [2.45, 2.75) is 52.8 Å². The topological polar surface area (TPSA) is 53.1 Å². The zero-order chi connectivity index (χ0) is 15.2. The second-order valence-corrected chi connectivity index (χ2v) is 5.37. The van der Waals surface area contributed by atoms with Gasteiger partial charge in [0.05, 0.1) is 0 Å². The maximum atomic E-state index is 12.9. The van der Waals surface area contributed by atoms with E-state index >= 15 is 0 Å². The van der Waals surface area contributed by atoms with Gasteiger partial charge in [0.1, 0.15) is 11.8 Å². The number of amidine groups is 1. The van der Waals surface area contributed by atoms with Crippen molar-refractivity contribution < 1.29 is 13.2 Å². The van der Waals surface area contributed by atoms with Crippen LogP contribution in [0.3, 0.4) is 0 Å². The van der Waals surface area contributed by atoms with Gasteiger partial charge in [-0.2, -0.15) is 13.2 Å². The van der Waals surface area contributed by atoms with Crippen molar-refractivity contribution in [3.8, 4) is 0 Å². The van der Waals surface area contributed by atoms with Crippen molar-refractivity contribution in [2.75, 3.05) is 13.1 Å². The zero-order valence-electron chi connectivity index (χ0n) is 12.2. The predicted molar refractivity (Wildman–Crippen MR) is 72.2 cm³/mol. The molecule has 0 aromatic carbocycles. The Labute approximate surface area is 113 Å². The molecular formula is C13H26F3N3. The van der Waals surface area contributed by atoms with Gasteiger partial charge in [0, 0.05) is 19.1 Å². The Morgan fingerprint density at radius 3 is 1.89 bits per heavy atom. The third-order valence-electron chi connectivity index (χ3n) is 3.25. The van der Waals surface area contributed by atoms with Crippen LogP contribution < -0.4 is 5.73 Å². The number of nitrogens with two attached hydrogens (primary N) is 1. The molecule has 1 atom stereocenters. The highest BCUT2D eigenvalue weighted by Crippen LogP contribution is 2.28. The van der Waals surface area contributed by atoms with Gasteiger partial charge in [-0.15, -0.1) is 0 Å². The molecule has 3 N–H and O–H groups in total. The summed E-state index contributed by atoms with van der Waals surface area (Å²) in [7, 11) is 0. The number of nitrogens with zero attached hydrogens (tertiary/aromatic N) is 1. The third kappa shape index (κ3) is 6.27. The van der Waals surface area contributed by atoms with Crippen LogP contribution >= 0.6 is 0 Å². The Balaban J connectivity index is 5.00. The maximum Gasteiger partial charge on any atom is 0.399 e. The molecule has 0 aromatic heterocycles. The summed E-state index contributed by atoms with van der Waals surface area (Å²) < 4.78 is 38.7. The molecule has 0 heterocycles. The van der Waals surface area contributed by atoms with Gasteiger partial charge in [0.25, 0.3) is 0 Å². The Morgan fingerprint density at radius 2 is 1.63 bits per heavy atom. The van der Waals surface area contributed by atoms with Crippen LogP contribution in [0.4, 0.5) is 13.2 Å². The second-order valence-electron chi connectivity index (χ2n) is 5.37. The summed E-state index contributed by atoms with van der Waals surface area (Å²) in [6.45, 7) is 8.27. The molecule has 0 aliphatic carbocycles. The van der Waals surface area contributed by atoms with Gasteiger partial charge < -0.3 is 5.73 Å². The summed E-state index contributed by atoms with van der Waals surface area (Å²) in [5.41, 5.74) is 5.12. The summed E-state index contributed by atoms with van der Waals surface area (Å²) in [4.78, 5) is 1.82. The van der Waals surface area contributed by atoms with Crippen molar-refractivity contribution in [3.05, 3.63) is 0 Å². The highest BCUT2D eigenvalue weighted by molar-refractivity contribution is 5.80. The van der Waals surface area contributed by atoms with Crippen LogP contribution in [-0.4, -0.2) is 36.0 Å². The largest absolute Gasteiger partial charge is 0.399 e. The standard InChI is InChI=1S/C13H26F3N3/c1-5-10(6-2)19(7-9(3)4)8-11(12(17)18)13(14,15)16/h9-11H,5-8H2,1-4H3,(H3,17,18). The van der Waals surface area contributed by atoms with Gasteiger partial charge >= 0.3 is 6.18 Å². The summed E-state index contributed by atoms with van der Waals surface area (Å²) in [6.07, 6.45) is -2.86. The minimum absolute atomic E-state index is 0.103. The van der Waals surface area contributed by atoms with E-state index in [1.54, 1.807) is 0 Å². The van der Waals surface area contributed by atoms with E-state index in [4.69, 9.17) is 11.1 Å². The lowest BCUT2D eigenvalue weighted by molar-refractivity contribution is -0.161. The molecule has 19 heavy (non-hydrogen) atoms. The van der Waals surface area contributed by atoms with Gasteiger partial charge in [-0.05, 0) is 18.8 Å². The van der Waals surface area contributed by atoms with Crippen molar-refractivity contribution >= 4 is 5.84 Å². The fourth-order valence-corrected chi connectivity index (χ4v) is 2.26. The first-order valence-electron chi connectivity index (χ1n) is 6.78. The average molecular weight is 281 g/mol. The Bertz CT molecular complexity index is 273. The van der Waals surface area contributed by atoms with Crippen molar-refractivity contribution in [1.29, 1.82) is 5.41 Å². The van der Waals surface area contributed by atoms with Crippen LogP contribution in [0.5, 0.6) is 0 Å². The van der Waals surface area contributed by atoms with Gasteiger partial charge in [-0.3, -0.25) is 10.3 Å². The first-order chi connectivity index (χ1) is 8.63. The lowest BCUT2D eigenvalue weighted by atomic mass is 10.0. The molecule has 0 saturated carbocycles. The summed E-state index contributed by atoms with van der Waals surface area (Å²) in [6, 6.07) is 0.103. The molecule has 114 valence electrons. The Morgan fingerprint density at radius 1 is 1.16 bits per heavy atom. The van der Waals surface area contributed by atoms with E-state index < -0.39 is 17.9 Å². The summed E-state index contributed by atoms with van der Waals surface area (Å²) in [5, 5.41) is 7.17. The lowest BCUT2D eigenvalue weighted by Crippen LogP contribution is -2.48. The number of rotatable bonds is 8. The number of halogens is 3. The number of alkyl halides is 3. The predicted octanol–water partition coefficient (Wildman–Crippen LogP) is 3.25. The van der Waals surface area contributed by atoms with Gasteiger partial charge in [-0.1, -0.05) is 27.7 Å².